The average Bonchev–Trinajstić information content (AvgIpc) is 3.04. The lowest BCUT2D eigenvalue weighted by molar-refractivity contribution is -0.121. The van der Waals surface area contributed by atoms with Crippen LogP contribution in [0.5, 0.6) is 23.0 Å². The van der Waals surface area contributed by atoms with Gasteiger partial charge in [0.05, 0.1) is 33.2 Å². The summed E-state index contributed by atoms with van der Waals surface area (Å²) in [6.45, 7) is 11.2. The molecular weight excluding hydrogens is 678 g/mol. The molecule has 0 aliphatic rings. The Kier molecular flexibility index (Phi) is 17.0. The molecule has 0 aromatic heterocycles. The summed E-state index contributed by atoms with van der Waals surface area (Å²) in [6.07, 6.45) is 2.97. The van der Waals surface area contributed by atoms with Crippen molar-refractivity contribution in [1.29, 1.82) is 0 Å². The highest BCUT2D eigenvalue weighted by atomic mass is 16.6. The Bertz CT molecular complexity index is 1590. The Morgan fingerprint density at radius 1 is 0.615 bits per heavy atom. The molecule has 0 aliphatic heterocycles. The number of carbonyl (C=O) groups is 5. The number of alkyl carbamates (subject to hydrolysis) is 2. The molecule has 0 bridgehead atoms. The first-order valence-corrected chi connectivity index (χ1v) is 16.5. The van der Waals surface area contributed by atoms with Crippen LogP contribution >= 0.6 is 0 Å². The fourth-order valence-electron chi connectivity index (χ4n) is 4.01. The molecule has 0 heterocycles. The summed E-state index contributed by atoms with van der Waals surface area (Å²) in [6, 6.07) is 9.93. The second-order valence-corrected chi connectivity index (χ2v) is 13.0. The molecule has 0 radical (unpaired) electrons. The summed E-state index contributed by atoms with van der Waals surface area (Å²) in [4.78, 5) is 59.7. The zero-order valence-electron chi connectivity index (χ0n) is 30.7. The third-order valence-corrected chi connectivity index (χ3v) is 6.12. The maximum atomic E-state index is 12.6. The molecule has 0 saturated carbocycles. The minimum Gasteiger partial charge on any atom is -0.493 e. The van der Waals surface area contributed by atoms with Crippen molar-refractivity contribution in [3.05, 3.63) is 59.7 Å². The van der Waals surface area contributed by atoms with Crippen LogP contribution in [0.4, 0.5) is 14.4 Å². The van der Waals surface area contributed by atoms with E-state index in [0.29, 0.717) is 34.1 Å². The molecule has 2 aromatic rings. The highest BCUT2D eigenvalue weighted by molar-refractivity contribution is 6.10. The van der Waals surface area contributed by atoms with E-state index in [9.17, 15) is 24.0 Å². The van der Waals surface area contributed by atoms with Gasteiger partial charge in [0.2, 0.25) is 0 Å². The maximum absolute atomic E-state index is 12.6. The Balaban J connectivity index is 2.02. The van der Waals surface area contributed by atoms with Crippen molar-refractivity contribution in [1.82, 2.24) is 16.0 Å². The molecule has 15 nitrogen and oxygen atoms in total. The van der Waals surface area contributed by atoms with Gasteiger partial charge in [0.1, 0.15) is 31.0 Å². The van der Waals surface area contributed by atoms with Crippen molar-refractivity contribution in [3.63, 3.8) is 0 Å². The van der Waals surface area contributed by atoms with Gasteiger partial charge in [-0.2, -0.15) is 0 Å². The minimum atomic E-state index is -1.15. The van der Waals surface area contributed by atoms with E-state index in [-0.39, 0.29) is 45.9 Å². The van der Waals surface area contributed by atoms with E-state index < -0.39 is 41.0 Å². The van der Waals surface area contributed by atoms with Crippen molar-refractivity contribution >= 4 is 42.0 Å². The van der Waals surface area contributed by atoms with Crippen LogP contribution in [-0.4, -0.2) is 92.7 Å². The summed E-state index contributed by atoms with van der Waals surface area (Å²) in [7, 11) is 1.45. The van der Waals surface area contributed by atoms with Gasteiger partial charge in [0.25, 0.3) is 0 Å². The lowest BCUT2D eigenvalue weighted by Gasteiger charge is -2.20. The smallest absolute Gasteiger partial charge is 0.407 e. The normalized spacial score (nSPS) is 11.4. The zero-order valence-corrected chi connectivity index (χ0v) is 30.7. The summed E-state index contributed by atoms with van der Waals surface area (Å²) >= 11 is 0. The minimum absolute atomic E-state index is 0.0740. The molecule has 0 aliphatic carbocycles. The van der Waals surface area contributed by atoms with Crippen molar-refractivity contribution in [2.24, 2.45) is 0 Å². The highest BCUT2D eigenvalue weighted by Crippen LogP contribution is 2.30. The number of hydrogen-bond donors (Lipinski definition) is 4. The molecule has 0 atom stereocenters. The number of ketones is 2. The summed E-state index contributed by atoms with van der Waals surface area (Å²) in [5.74, 6) is 0.626. The molecule has 2 rings (SSSR count). The number of rotatable bonds is 19. The van der Waals surface area contributed by atoms with Crippen LogP contribution < -0.4 is 34.9 Å². The number of ether oxygens (including phenoxy) is 6. The number of allylic oxidation sites excluding steroid dienone is 2. The first-order chi connectivity index (χ1) is 24.4. The van der Waals surface area contributed by atoms with E-state index in [1.54, 1.807) is 84.0 Å². The van der Waals surface area contributed by atoms with E-state index in [1.807, 2.05) is 0 Å². The van der Waals surface area contributed by atoms with Gasteiger partial charge < -0.3 is 49.5 Å². The fourth-order valence-corrected chi connectivity index (χ4v) is 4.01. The van der Waals surface area contributed by atoms with Gasteiger partial charge >= 0.3 is 18.3 Å². The quantitative estimate of drug-likeness (QED) is 0.0818. The van der Waals surface area contributed by atoms with Crippen molar-refractivity contribution in [2.45, 2.75) is 59.2 Å². The number of amides is 3. The largest absolute Gasteiger partial charge is 0.493 e. The van der Waals surface area contributed by atoms with Gasteiger partial charge in [-0.25, -0.2) is 14.4 Å². The number of benzene rings is 2. The van der Waals surface area contributed by atoms with E-state index in [4.69, 9.17) is 33.5 Å². The highest BCUT2D eigenvalue weighted by Gasteiger charge is 2.17. The molecule has 0 fully saturated rings. The molecule has 52 heavy (non-hydrogen) atoms. The van der Waals surface area contributed by atoms with Crippen LogP contribution in [0.3, 0.4) is 0 Å². The monoisotopic (exact) mass is 727 g/mol. The Hall–Kier alpha value is -5.73. The van der Waals surface area contributed by atoms with Crippen LogP contribution in [0, 0.1) is 0 Å². The van der Waals surface area contributed by atoms with Gasteiger partial charge in [0.15, 0.2) is 34.6 Å². The van der Waals surface area contributed by atoms with Crippen LogP contribution in [0.25, 0.3) is 12.2 Å². The number of carbonyl (C=O) groups excluding carboxylic acids is 4. The van der Waals surface area contributed by atoms with E-state index >= 15 is 0 Å². The first kappa shape index (κ1) is 42.4. The third kappa shape index (κ3) is 18.3. The molecular formula is C37H49N3O12. The van der Waals surface area contributed by atoms with Crippen molar-refractivity contribution in [2.75, 3.05) is 46.6 Å². The molecule has 4 N–H and O–H groups in total. The zero-order chi connectivity index (χ0) is 38.7. The van der Waals surface area contributed by atoms with E-state index in [2.05, 4.69) is 16.0 Å². The lowest BCUT2D eigenvalue weighted by Crippen LogP contribution is -2.35. The maximum Gasteiger partial charge on any atom is 0.407 e. The summed E-state index contributed by atoms with van der Waals surface area (Å²) < 4.78 is 33.0. The predicted octanol–water partition coefficient (Wildman–Crippen LogP) is 5.40. The fraction of sp³-hybridized carbons (Fsp3) is 0.432. The Morgan fingerprint density at radius 2 is 1.02 bits per heavy atom. The molecule has 0 unspecified atom stereocenters. The predicted molar refractivity (Wildman–Crippen MR) is 193 cm³/mol. The second kappa shape index (κ2) is 20.8. The van der Waals surface area contributed by atoms with Gasteiger partial charge in [-0.05, 0) is 89.1 Å². The van der Waals surface area contributed by atoms with Gasteiger partial charge in [-0.15, -0.1) is 0 Å². The number of nitrogens with one attached hydrogen (secondary N) is 3. The van der Waals surface area contributed by atoms with E-state index in [0.717, 1.165) is 0 Å². The SMILES string of the molecule is COc1cc(/C=C/C(=O)CC(=O)/C=C/c2ccc(OCCNC(=O)OC(C)(C)C)c(OCCNC(=O)OC(C)(C)C)c2)ccc1OCCNC(=O)O. The molecule has 284 valence electrons. The van der Waals surface area contributed by atoms with Crippen molar-refractivity contribution < 1.29 is 57.5 Å². The average molecular weight is 728 g/mol. The van der Waals surface area contributed by atoms with Crippen LogP contribution in [-0.2, 0) is 19.1 Å². The first-order valence-electron chi connectivity index (χ1n) is 16.5. The van der Waals surface area contributed by atoms with Gasteiger partial charge in [-0.1, -0.05) is 24.3 Å². The van der Waals surface area contributed by atoms with Crippen LogP contribution in [0.1, 0.15) is 59.1 Å². The number of carboxylic acid groups (broad SMARTS) is 1. The molecule has 15 heteroatoms. The van der Waals surface area contributed by atoms with Gasteiger partial charge in [0, 0.05) is 0 Å². The lowest BCUT2D eigenvalue weighted by atomic mass is 10.1. The van der Waals surface area contributed by atoms with E-state index in [1.165, 1.54) is 25.3 Å². The van der Waals surface area contributed by atoms with Crippen LogP contribution in [0.2, 0.25) is 0 Å². The third-order valence-electron chi connectivity index (χ3n) is 6.12. The number of hydrogen-bond acceptors (Lipinski definition) is 11. The summed E-state index contributed by atoms with van der Waals surface area (Å²) in [5.41, 5.74) is -0.0848. The van der Waals surface area contributed by atoms with Gasteiger partial charge in [-0.3, -0.25) is 9.59 Å². The van der Waals surface area contributed by atoms with Crippen LogP contribution in [0.15, 0.2) is 48.6 Å². The molecule has 0 spiro atoms. The Labute approximate surface area is 303 Å². The molecule has 3 amide bonds. The second-order valence-electron chi connectivity index (χ2n) is 13.0. The summed E-state index contributed by atoms with van der Waals surface area (Å²) in [5, 5.41) is 16.1. The topological polar surface area (TPSA) is 197 Å². The number of methoxy groups -OCH3 is 1. The molecule has 2 aromatic carbocycles. The standard InChI is InChI=1S/C37H49N3O12/c1-36(2,3)51-34(45)39-17-20-49-30-15-11-26(23-32(30)50-21-18-40-35(46)52-37(4,5)6)9-13-28(42)24-27(41)12-8-25-10-14-29(31(22-25)47-7)48-19-16-38-33(43)44/h8-15,22-23,38H,16-21,24H2,1-7H3,(H,39,45)(H,40,46)(H,43,44)/b12-8+,13-9+. The Morgan fingerprint density at radius 3 is 1.44 bits per heavy atom. The van der Waals surface area contributed by atoms with Crippen molar-refractivity contribution in [3.8, 4) is 23.0 Å². The molecule has 0 saturated heterocycles.